The lowest BCUT2D eigenvalue weighted by Gasteiger charge is -2.28. The first-order chi connectivity index (χ1) is 13.0. The van der Waals surface area contributed by atoms with Crippen LogP contribution in [-0.4, -0.2) is 42.0 Å². The van der Waals surface area contributed by atoms with E-state index in [4.69, 9.17) is 4.74 Å². The van der Waals surface area contributed by atoms with Crippen LogP contribution in [0.2, 0.25) is 0 Å². The third kappa shape index (κ3) is 4.58. The van der Waals surface area contributed by atoms with Gasteiger partial charge in [-0.1, -0.05) is 0 Å². The van der Waals surface area contributed by atoms with Gasteiger partial charge in [-0.05, 0) is 56.5 Å². The second-order valence-electron chi connectivity index (χ2n) is 6.81. The van der Waals surface area contributed by atoms with Gasteiger partial charge >= 0.3 is 12.1 Å². The molecule has 3 N–H and O–H groups in total. The average Bonchev–Trinajstić information content (AvgIpc) is 3.04. The number of amides is 3. The van der Waals surface area contributed by atoms with Crippen LogP contribution in [0.4, 0.5) is 21.0 Å². The average molecular weight is 371 g/mol. The Hall–Kier alpha value is -3.03. The normalized spacial score (nSPS) is 14.3. The molecule has 0 bridgehead atoms. The Kier molecular flexibility index (Phi) is 5.63. The van der Waals surface area contributed by atoms with E-state index in [-0.39, 0.29) is 18.2 Å². The van der Waals surface area contributed by atoms with E-state index in [0.717, 1.165) is 35.5 Å². The summed E-state index contributed by atoms with van der Waals surface area (Å²) in [7, 11) is 1.38. The Morgan fingerprint density at radius 3 is 2.89 bits per heavy atom. The Bertz CT molecular complexity index is 833. The number of hydrogen-bond donors (Lipinski definition) is 3. The molecule has 1 aromatic carbocycles. The first-order valence-electron chi connectivity index (χ1n) is 9.03. The van der Waals surface area contributed by atoms with Gasteiger partial charge in [-0.2, -0.15) is 5.10 Å². The van der Waals surface area contributed by atoms with Crippen molar-refractivity contribution in [1.29, 1.82) is 0 Å². The summed E-state index contributed by atoms with van der Waals surface area (Å²) in [6, 6.07) is 7.19. The van der Waals surface area contributed by atoms with Gasteiger partial charge in [0.15, 0.2) is 0 Å². The molecule has 0 saturated heterocycles. The number of nitrogens with one attached hydrogen (secondary N) is 3. The van der Waals surface area contributed by atoms with Gasteiger partial charge in [0.25, 0.3) is 0 Å². The van der Waals surface area contributed by atoms with E-state index in [1.807, 2.05) is 32.0 Å². The summed E-state index contributed by atoms with van der Waals surface area (Å²) in [6.45, 7) is 4.51. The molecule has 3 rings (SSSR count). The number of urea groups is 1. The maximum absolute atomic E-state index is 12.3. The maximum Gasteiger partial charge on any atom is 0.414 e. The van der Waals surface area contributed by atoms with Crippen LogP contribution < -0.4 is 15.5 Å². The molecule has 0 fully saturated rings. The number of fused-ring (bicyclic) bond motifs is 1. The van der Waals surface area contributed by atoms with Gasteiger partial charge in [-0.15, -0.1) is 0 Å². The first kappa shape index (κ1) is 18.8. The second-order valence-corrected chi connectivity index (χ2v) is 6.81. The number of benzene rings is 1. The topological polar surface area (TPSA) is 99.4 Å². The van der Waals surface area contributed by atoms with E-state index in [1.165, 1.54) is 7.11 Å². The van der Waals surface area contributed by atoms with Crippen molar-refractivity contribution in [1.82, 2.24) is 15.5 Å². The zero-order valence-corrected chi connectivity index (χ0v) is 15.8. The fourth-order valence-electron chi connectivity index (χ4n) is 3.31. The molecule has 0 radical (unpaired) electrons. The minimum atomic E-state index is -0.364. The number of H-pyrrole nitrogens is 1. The van der Waals surface area contributed by atoms with Crippen LogP contribution in [0, 0.1) is 6.92 Å². The summed E-state index contributed by atoms with van der Waals surface area (Å²) in [5.41, 5.74) is 4.46. The van der Waals surface area contributed by atoms with Crippen LogP contribution in [0.25, 0.3) is 0 Å². The Morgan fingerprint density at radius 1 is 1.37 bits per heavy atom. The predicted octanol–water partition coefficient (Wildman–Crippen LogP) is 2.99. The van der Waals surface area contributed by atoms with Crippen LogP contribution in [0.1, 0.15) is 30.3 Å². The number of hydrogen-bond acceptors (Lipinski definition) is 4. The highest BCUT2D eigenvalue weighted by atomic mass is 16.5. The van der Waals surface area contributed by atoms with E-state index in [0.29, 0.717) is 18.7 Å². The quantitative estimate of drug-likeness (QED) is 0.769. The highest BCUT2D eigenvalue weighted by Crippen LogP contribution is 2.30. The van der Waals surface area contributed by atoms with Crippen molar-refractivity contribution >= 4 is 23.5 Å². The number of carbonyl (C=O) groups excluding carboxylic acids is 2. The number of aromatic amines is 1. The van der Waals surface area contributed by atoms with Crippen LogP contribution in [0.15, 0.2) is 24.3 Å². The van der Waals surface area contributed by atoms with Crippen LogP contribution in [0.5, 0.6) is 0 Å². The molecule has 1 atom stereocenters. The SMILES string of the molecule is COC(=O)N1CCCc2cc(NC(=O)NC(C)Cc3cc(C)[nH]n3)ccc21. The Morgan fingerprint density at radius 2 is 2.19 bits per heavy atom. The number of aromatic nitrogens is 2. The van der Waals surface area contributed by atoms with Crippen LogP contribution in [0.3, 0.4) is 0 Å². The standard InChI is InChI=1S/C19H25N5O3/c1-12(9-16-10-13(2)22-23-16)20-18(25)21-15-6-7-17-14(11-15)5-4-8-24(17)19(26)27-3/h6-7,10-12H,4-5,8-9H2,1-3H3,(H,22,23)(H2,20,21,25). The van der Waals surface area contributed by atoms with Gasteiger partial charge in [0.1, 0.15) is 0 Å². The molecule has 2 aromatic rings. The molecule has 144 valence electrons. The van der Waals surface area contributed by atoms with E-state index < -0.39 is 0 Å². The highest BCUT2D eigenvalue weighted by Gasteiger charge is 2.23. The molecule has 0 aliphatic carbocycles. The summed E-state index contributed by atoms with van der Waals surface area (Å²) in [4.78, 5) is 25.8. The smallest absolute Gasteiger partial charge is 0.414 e. The summed E-state index contributed by atoms with van der Waals surface area (Å²) >= 11 is 0. The molecule has 0 spiro atoms. The fourth-order valence-corrected chi connectivity index (χ4v) is 3.31. The van der Waals surface area contributed by atoms with Crippen LogP contribution >= 0.6 is 0 Å². The third-order valence-electron chi connectivity index (χ3n) is 4.50. The Balaban J connectivity index is 1.60. The van der Waals surface area contributed by atoms with Gasteiger partial charge in [0.05, 0.1) is 18.5 Å². The van der Waals surface area contributed by atoms with Crippen molar-refractivity contribution < 1.29 is 14.3 Å². The van der Waals surface area contributed by atoms with Crippen molar-refractivity contribution in [3.63, 3.8) is 0 Å². The van der Waals surface area contributed by atoms with Gasteiger partial charge in [0, 0.05) is 30.4 Å². The summed E-state index contributed by atoms with van der Waals surface area (Å²) in [5, 5.41) is 12.9. The number of aryl methyl sites for hydroxylation is 2. The molecule has 0 saturated carbocycles. The van der Waals surface area contributed by atoms with E-state index in [9.17, 15) is 9.59 Å². The van der Waals surface area contributed by atoms with E-state index in [2.05, 4.69) is 20.8 Å². The lowest BCUT2D eigenvalue weighted by molar-refractivity contribution is 0.178. The predicted molar refractivity (Wildman–Crippen MR) is 103 cm³/mol. The maximum atomic E-state index is 12.3. The monoisotopic (exact) mass is 371 g/mol. The molecule has 8 nitrogen and oxygen atoms in total. The molecule has 1 aromatic heterocycles. The molecule has 3 amide bonds. The van der Waals surface area contributed by atoms with Crippen molar-refractivity contribution in [2.24, 2.45) is 0 Å². The van der Waals surface area contributed by atoms with Gasteiger partial charge in [-0.3, -0.25) is 10.00 Å². The van der Waals surface area contributed by atoms with Gasteiger partial charge in [0.2, 0.25) is 0 Å². The van der Waals surface area contributed by atoms with E-state index >= 15 is 0 Å². The second kappa shape index (κ2) is 8.11. The minimum absolute atomic E-state index is 0.0554. The van der Waals surface area contributed by atoms with Crippen LogP contribution in [-0.2, 0) is 17.6 Å². The number of nitrogens with zero attached hydrogens (tertiary/aromatic N) is 2. The summed E-state index contributed by atoms with van der Waals surface area (Å²) in [5.74, 6) is 0. The zero-order valence-electron chi connectivity index (χ0n) is 15.8. The summed E-state index contributed by atoms with van der Waals surface area (Å²) < 4.78 is 4.84. The third-order valence-corrected chi connectivity index (χ3v) is 4.50. The number of methoxy groups -OCH3 is 1. The van der Waals surface area contributed by atoms with Crippen molar-refractivity contribution in [3.8, 4) is 0 Å². The molecule has 1 aliphatic heterocycles. The zero-order chi connectivity index (χ0) is 19.4. The first-order valence-corrected chi connectivity index (χ1v) is 9.03. The van der Waals surface area contributed by atoms with Crippen molar-refractivity contribution in [3.05, 3.63) is 41.2 Å². The lowest BCUT2D eigenvalue weighted by Crippen LogP contribution is -2.37. The number of carbonyl (C=O) groups is 2. The minimum Gasteiger partial charge on any atom is -0.452 e. The number of ether oxygens (including phenoxy) is 1. The van der Waals surface area contributed by atoms with Crippen molar-refractivity contribution in [2.45, 2.75) is 39.2 Å². The molecule has 27 heavy (non-hydrogen) atoms. The van der Waals surface area contributed by atoms with E-state index in [1.54, 1.807) is 11.0 Å². The lowest BCUT2D eigenvalue weighted by atomic mass is 10.0. The van der Waals surface area contributed by atoms with Gasteiger partial charge in [-0.25, -0.2) is 9.59 Å². The van der Waals surface area contributed by atoms with Crippen molar-refractivity contribution in [2.75, 3.05) is 23.9 Å². The Labute approximate surface area is 158 Å². The summed E-state index contributed by atoms with van der Waals surface area (Å²) in [6.07, 6.45) is 2.00. The molecule has 2 heterocycles. The molecule has 1 aliphatic rings. The molecule has 1 unspecified atom stereocenters. The number of anilines is 2. The molecule has 8 heteroatoms. The molecular formula is C19H25N5O3. The number of rotatable bonds is 4. The fraction of sp³-hybridized carbons (Fsp3) is 0.421. The molecular weight excluding hydrogens is 346 g/mol. The largest absolute Gasteiger partial charge is 0.452 e. The van der Waals surface area contributed by atoms with Gasteiger partial charge < -0.3 is 15.4 Å². The highest BCUT2D eigenvalue weighted by molar-refractivity contribution is 5.92.